The average molecular weight is 579 g/mol. The number of hydrogen-bond donors (Lipinski definition) is 2. The second-order valence-electron chi connectivity index (χ2n) is 12.7. The number of unbranched alkanes of at least 4 members (excludes halogenated alkanes) is 22. The van der Waals surface area contributed by atoms with Crippen LogP contribution in [0.2, 0.25) is 0 Å². The maximum atomic E-state index is 10.2. The Morgan fingerprint density at radius 1 is 0.390 bits per heavy atom. The summed E-state index contributed by atoms with van der Waals surface area (Å²) in [4.78, 5) is 0. The molecule has 0 heterocycles. The minimum absolute atomic E-state index is 0.145. The summed E-state index contributed by atoms with van der Waals surface area (Å²) in [6, 6.07) is 0. The van der Waals surface area contributed by atoms with Crippen LogP contribution in [0.3, 0.4) is 0 Å². The maximum absolute atomic E-state index is 10.2. The van der Waals surface area contributed by atoms with E-state index in [2.05, 4.69) is 26.0 Å². The number of rotatable bonds is 34. The predicted octanol–water partition coefficient (Wildman–Crippen LogP) is 12.5. The Balaban J connectivity index is 3.36. The lowest BCUT2D eigenvalue weighted by Gasteiger charge is -2.09. The molecule has 0 aromatic heterocycles. The molecule has 0 aromatic carbocycles. The van der Waals surface area contributed by atoms with Crippen LogP contribution in [0.1, 0.15) is 206 Å². The molecular weight excluding hydrogens is 504 g/mol. The van der Waals surface area contributed by atoms with Gasteiger partial charge in [-0.25, -0.2) is 0 Å². The molecule has 0 spiro atoms. The van der Waals surface area contributed by atoms with E-state index in [0.717, 1.165) is 64.2 Å². The molecule has 2 N–H and O–H groups in total. The van der Waals surface area contributed by atoms with Crippen LogP contribution in [0, 0.1) is 0 Å². The van der Waals surface area contributed by atoms with E-state index in [9.17, 15) is 10.2 Å². The highest BCUT2D eigenvalue weighted by atomic mass is 16.5. The van der Waals surface area contributed by atoms with Gasteiger partial charge in [0, 0.05) is 0 Å². The van der Waals surface area contributed by atoms with Gasteiger partial charge in [0.05, 0.1) is 24.7 Å². The van der Waals surface area contributed by atoms with E-state index >= 15 is 0 Å². The van der Waals surface area contributed by atoms with Crippen molar-refractivity contribution in [3.05, 3.63) is 24.7 Å². The van der Waals surface area contributed by atoms with Gasteiger partial charge in [0.2, 0.25) is 0 Å². The largest absolute Gasteiger partial charge is 0.473 e. The van der Waals surface area contributed by atoms with Crippen molar-refractivity contribution in [1.82, 2.24) is 0 Å². The first kappa shape index (κ1) is 40.2. The zero-order valence-corrected chi connectivity index (χ0v) is 28.0. The zero-order valence-electron chi connectivity index (χ0n) is 28.0. The number of allylic oxidation sites excluding steroid dienone is 2. The van der Waals surface area contributed by atoms with Crippen LogP contribution < -0.4 is 0 Å². The molecule has 0 aromatic rings. The van der Waals surface area contributed by atoms with Gasteiger partial charge in [0.25, 0.3) is 0 Å². The van der Waals surface area contributed by atoms with Crippen LogP contribution in [-0.2, 0) is 4.74 Å². The Hall–Kier alpha value is -0.800. The van der Waals surface area contributed by atoms with Gasteiger partial charge in [-0.05, 0) is 63.5 Å². The van der Waals surface area contributed by atoms with Crippen molar-refractivity contribution in [3.8, 4) is 0 Å². The summed E-state index contributed by atoms with van der Waals surface area (Å²) in [6.45, 7) is 4.55. The van der Waals surface area contributed by atoms with Crippen molar-refractivity contribution in [3.63, 3.8) is 0 Å². The molecule has 0 amide bonds. The molecule has 0 saturated carbocycles. The quantitative estimate of drug-likeness (QED) is 0.0589. The number of aliphatic hydroxyl groups is 2. The first-order chi connectivity index (χ1) is 20.2. The lowest BCUT2D eigenvalue weighted by atomic mass is 10.0. The standard InChI is InChI=1S/C38H74O3/c1-3-5-7-9-11-13-15-17-19-21-25-31-37(39)33-27-23-29-35-41-36-30-24-28-34-38(40)32-26-22-20-18-16-14-12-10-8-6-4-2/h29-30,35-40H,3-28,31-34H2,1-2H3. The van der Waals surface area contributed by atoms with Crippen molar-refractivity contribution in [2.75, 3.05) is 0 Å². The summed E-state index contributed by atoms with van der Waals surface area (Å²) in [6.07, 6.45) is 44.8. The molecule has 0 bridgehead atoms. The first-order valence-corrected chi connectivity index (χ1v) is 18.5. The normalized spacial score (nSPS) is 13.5. The zero-order chi connectivity index (χ0) is 29.9. The van der Waals surface area contributed by atoms with E-state index in [1.54, 1.807) is 12.5 Å². The van der Waals surface area contributed by atoms with E-state index in [4.69, 9.17) is 4.74 Å². The monoisotopic (exact) mass is 579 g/mol. The molecule has 3 heteroatoms. The third kappa shape index (κ3) is 35.3. The van der Waals surface area contributed by atoms with Crippen LogP contribution in [0.15, 0.2) is 24.7 Å². The van der Waals surface area contributed by atoms with Crippen molar-refractivity contribution < 1.29 is 14.9 Å². The molecule has 0 aliphatic carbocycles. The van der Waals surface area contributed by atoms with Gasteiger partial charge in [-0.15, -0.1) is 0 Å². The lowest BCUT2D eigenvalue weighted by Crippen LogP contribution is -2.05. The molecule has 0 fully saturated rings. The van der Waals surface area contributed by atoms with Crippen LogP contribution in [0.4, 0.5) is 0 Å². The van der Waals surface area contributed by atoms with Gasteiger partial charge in [-0.2, -0.15) is 0 Å². The van der Waals surface area contributed by atoms with Crippen LogP contribution in [0.5, 0.6) is 0 Å². The van der Waals surface area contributed by atoms with Gasteiger partial charge in [0.15, 0.2) is 0 Å². The third-order valence-electron chi connectivity index (χ3n) is 8.45. The van der Waals surface area contributed by atoms with E-state index in [0.29, 0.717) is 0 Å². The molecule has 0 radical (unpaired) electrons. The molecular formula is C38H74O3. The summed E-state index contributed by atoms with van der Waals surface area (Å²) in [5.41, 5.74) is 0. The Bertz CT molecular complexity index is 484. The summed E-state index contributed by atoms with van der Waals surface area (Å²) >= 11 is 0. The SMILES string of the molecule is CCCCCCCCCCCCCC(O)CCCC=COC=CCCCC(O)CCCCCCCCCCCCC. The smallest absolute Gasteiger partial charge is 0.0861 e. The lowest BCUT2D eigenvalue weighted by molar-refractivity contribution is 0.148. The van der Waals surface area contributed by atoms with Crippen molar-refractivity contribution >= 4 is 0 Å². The Morgan fingerprint density at radius 2 is 0.659 bits per heavy atom. The second kappa shape index (κ2) is 35.4. The van der Waals surface area contributed by atoms with Crippen LogP contribution in [0.25, 0.3) is 0 Å². The maximum Gasteiger partial charge on any atom is 0.0861 e. The first-order valence-electron chi connectivity index (χ1n) is 18.5. The molecule has 2 unspecified atom stereocenters. The Morgan fingerprint density at radius 3 is 0.976 bits per heavy atom. The van der Waals surface area contributed by atoms with Crippen molar-refractivity contribution in [1.29, 1.82) is 0 Å². The van der Waals surface area contributed by atoms with E-state index < -0.39 is 0 Å². The van der Waals surface area contributed by atoms with Gasteiger partial charge in [0.1, 0.15) is 0 Å². The second-order valence-corrected chi connectivity index (χ2v) is 12.7. The highest BCUT2D eigenvalue weighted by Gasteiger charge is 2.04. The van der Waals surface area contributed by atoms with E-state index in [1.165, 1.54) is 128 Å². The molecule has 0 rings (SSSR count). The van der Waals surface area contributed by atoms with E-state index in [1.807, 2.05) is 0 Å². The summed E-state index contributed by atoms with van der Waals surface area (Å²) in [5, 5.41) is 20.4. The van der Waals surface area contributed by atoms with Gasteiger partial charge in [-0.1, -0.05) is 155 Å². The number of hydrogen-bond acceptors (Lipinski definition) is 3. The van der Waals surface area contributed by atoms with E-state index in [-0.39, 0.29) is 12.2 Å². The topological polar surface area (TPSA) is 49.7 Å². The highest BCUT2D eigenvalue weighted by molar-refractivity contribution is 4.80. The third-order valence-corrected chi connectivity index (χ3v) is 8.45. The Labute approximate surface area is 258 Å². The molecule has 41 heavy (non-hydrogen) atoms. The number of ether oxygens (including phenoxy) is 1. The summed E-state index contributed by atoms with van der Waals surface area (Å²) in [5.74, 6) is 0. The van der Waals surface area contributed by atoms with Crippen molar-refractivity contribution in [2.24, 2.45) is 0 Å². The molecule has 0 aliphatic heterocycles. The fourth-order valence-corrected chi connectivity index (χ4v) is 5.61. The molecule has 0 saturated heterocycles. The Kier molecular flexibility index (Phi) is 34.7. The van der Waals surface area contributed by atoms with Crippen LogP contribution >= 0.6 is 0 Å². The summed E-state index contributed by atoms with van der Waals surface area (Å²) in [7, 11) is 0. The fraction of sp³-hybridized carbons (Fsp3) is 0.895. The van der Waals surface area contributed by atoms with Crippen LogP contribution in [-0.4, -0.2) is 22.4 Å². The molecule has 0 aliphatic rings. The molecule has 2 atom stereocenters. The molecule has 3 nitrogen and oxygen atoms in total. The van der Waals surface area contributed by atoms with Gasteiger partial charge >= 0.3 is 0 Å². The minimum Gasteiger partial charge on any atom is -0.473 e. The highest BCUT2D eigenvalue weighted by Crippen LogP contribution is 2.16. The van der Waals surface area contributed by atoms with Gasteiger partial charge < -0.3 is 14.9 Å². The van der Waals surface area contributed by atoms with Crippen molar-refractivity contribution in [2.45, 2.75) is 219 Å². The number of aliphatic hydroxyl groups excluding tert-OH is 2. The summed E-state index contributed by atoms with van der Waals surface area (Å²) < 4.78 is 5.45. The average Bonchev–Trinajstić information content (AvgIpc) is 2.97. The molecule has 244 valence electrons. The minimum atomic E-state index is -0.145. The van der Waals surface area contributed by atoms with Gasteiger partial charge in [-0.3, -0.25) is 0 Å². The fourth-order valence-electron chi connectivity index (χ4n) is 5.61. The predicted molar refractivity (Wildman–Crippen MR) is 181 cm³/mol.